The Morgan fingerprint density at radius 3 is 2.00 bits per heavy atom. The van der Waals surface area contributed by atoms with Crippen molar-refractivity contribution in [3.05, 3.63) is 12.2 Å². The molecule has 0 N–H and O–H groups in total. The molecule has 21 heavy (non-hydrogen) atoms. The molecule has 0 saturated heterocycles. The van der Waals surface area contributed by atoms with Crippen LogP contribution in [0, 0.1) is 0 Å². The second-order valence-corrected chi connectivity index (χ2v) is 4.49. The van der Waals surface area contributed by atoms with Gasteiger partial charge in [0.2, 0.25) is 0 Å². The molecule has 0 aliphatic rings. The number of rotatable bonds is 10. The molecule has 0 heterocycles. The third-order valence-corrected chi connectivity index (χ3v) is 2.48. The molecule has 0 amide bonds. The summed E-state index contributed by atoms with van der Waals surface area (Å²) in [5, 5.41) is 0. The number of ether oxygens (including phenoxy) is 2. The van der Waals surface area contributed by atoms with Gasteiger partial charge in [-0.15, -0.1) is 0 Å². The Balaban J connectivity index is 3.64. The molecule has 0 aromatic carbocycles. The highest BCUT2D eigenvalue weighted by Gasteiger charge is 2.29. The highest BCUT2D eigenvalue weighted by Crippen LogP contribution is 2.14. The van der Waals surface area contributed by atoms with Crippen molar-refractivity contribution in [2.45, 2.75) is 51.6 Å². The first-order valence-electron chi connectivity index (χ1n) is 6.93. The van der Waals surface area contributed by atoms with Gasteiger partial charge in [-0.1, -0.05) is 39.0 Å². The molecule has 0 aliphatic heterocycles. The highest BCUT2D eigenvalue weighted by molar-refractivity contribution is 5.91. The first-order chi connectivity index (χ1) is 9.85. The maximum Gasteiger partial charge on any atom is 0.422 e. The lowest BCUT2D eigenvalue weighted by molar-refractivity contribution is -0.182. The van der Waals surface area contributed by atoms with E-state index in [0.717, 1.165) is 38.2 Å². The zero-order valence-corrected chi connectivity index (χ0v) is 12.1. The molecular formula is C14H21F3O4. The summed E-state index contributed by atoms with van der Waals surface area (Å²) in [5.41, 5.74) is 0. The highest BCUT2D eigenvalue weighted by atomic mass is 19.4. The van der Waals surface area contributed by atoms with Gasteiger partial charge in [0.15, 0.2) is 6.61 Å². The van der Waals surface area contributed by atoms with E-state index in [0.29, 0.717) is 6.08 Å². The van der Waals surface area contributed by atoms with Crippen LogP contribution in [0.4, 0.5) is 13.2 Å². The van der Waals surface area contributed by atoms with Crippen LogP contribution in [0.2, 0.25) is 0 Å². The monoisotopic (exact) mass is 310 g/mol. The van der Waals surface area contributed by atoms with Crippen molar-refractivity contribution in [2.24, 2.45) is 0 Å². The molecule has 0 rings (SSSR count). The van der Waals surface area contributed by atoms with Crippen LogP contribution in [0.5, 0.6) is 0 Å². The van der Waals surface area contributed by atoms with Crippen LogP contribution < -0.4 is 0 Å². The Bertz CT molecular complexity index is 338. The molecule has 0 aromatic rings. The zero-order valence-electron chi connectivity index (χ0n) is 12.1. The maximum atomic E-state index is 11.7. The Morgan fingerprint density at radius 1 is 0.905 bits per heavy atom. The van der Waals surface area contributed by atoms with Crippen LogP contribution in [0.3, 0.4) is 0 Å². The Kier molecular flexibility index (Phi) is 10.4. The average molecular weight is 310 g/mol. The van der Waals surface area contributed by atoms with Gasteiger partial charge in [-0.05, 0) is 6.42 Å². The van der Waals surface area contributed by atoms with E-state index in [9.17, 15) is 22.8 Å². The number of hydrogen-bond acceptors (Lipinski definition) is 4. The van der Waals surface area contributed by atoms with Gasteiger partial charge in [-0.25, -0.2) is 9.59 Å². The largest absolute Gasteiger partial charge is 0.463 e. The van der Waals surface area contributed by atoms with E-state index >= 15 is 0 Å². The van der Waals surface area contributed by atoms with Gasteiger partial charge in [0.1, 0.15) is 0 Å². The van der Waals surface area contributed by atoms with Crippen LogP contribution in [0.25, 0.3) is 0 Å². The predicted molar refractivity (Wildman–Crippen MR) is 70.5 cm³/mol. The zero-order chi connectivity index (χ0) is 16.1. The van der Waals surface area contributed by atoms with E-state index in [1.54, 1.807) is 0 Å². The van der Waals surface area contributed by atoms with Gasteiger partial charge < -0.3 is 9.47 Å². The molecule has 7 heteroatoms. The number of esters is 2. The SMILES string of the molecule is CCCCCCCCOC(=O)/C=C/C(=O)OCC(F)(F)F. The van der Waals surface area contributed by atoms with Gasteiger partial charge in [-0.2, -0.15) is 13.2 Å². The van der Waals surface area contributed by atoms with Crippen molar-refractivity contribution >= 4 is 11.9 Å². The van der Waals surface area contributed by atoms with Crippen molar-refractivity contribution in [3.8, 4) is 0 Å². The molecule has 0 radical (unpaired) electrons. The fourth-order valence-electron chi connectivity index (χ4n) is 1.44. The second kappa shape index (κ2) is 11.2. The van der Waals surface area contributed by atoms with Crippen molar-refractivity contribution in [1.82, 2.24) is 0 Å². The number of unbranched alkanes of at least 4 members (excludes halogenated alkanes) is 5. The molecule has 0 saturated carbocycles. The van der Waals surface area contributed by atoms with Gasteiger partial charge in [-0.3, -0.25) is 0 Å². The van der Waals surface area contributed by atoms with Crippen LogP contribution in [-0.2, 0) is 19.1 Å². The number of alkyl halides is 3. The molecule has 0 aliphatic carbocycles. The molecule has 0 unspecified atom stereocenters. The molecule has 122 valence electrons. The van der Waals surface area contributed by atoms with Crippen LogP contribution in [0.1, 0.15) is 45.4 Å². The smallest absolute Gasteiger partial charge is 0.422 e. The van der Waals surface area contributed by atoms with E-state index < -0.39 is 24.7 Å². The topological polar surface area (TPSA) is 52.6 Å². The maximum absolute atomic E-state index is 11.7. The fraction of sp³-hybridized carbons (Fsp3) is 0.714. The lowest BCUT2D eigenvalue weighted by Gasteiger charge is -2.05. The van der Waals surface area contributed by atoms with Crippen LogP contribution in [-0.4, -0.2) is 31.3 Å². The summed E-state index contributed by atoms with van der Waals surface area (Å²) in [6, 6.07) is 0. The first kappa shape index (κ1) is 19.5. The molecule has 4 nitrogen and oxygen atoms in total. The minimum atomic E-state index is -4.58. The summed E-state index contributed by atoms with van der Waals surface area (Å²) < 4.78 is 43.9. The molecule has 0 bridgehead atoms. The van der Waals surface area contributed by atoms with Crippen molar-refractivity contribution in [2.75, 3.05) is 13.2 Å². The lowest BCUT2D eigenvalue weighted by Crippen LogP contribution is -2.19. The normalized spacial score (nSPS) is 11.6. The quantitative estimate of drug-likeness (QED) is 0.352. The van der Waals surface area contributed by atoms with E-state index in [-0.39, 0.29) is 6.61 Å². The number of carbonyl (C=O) groups excluding carboxylic acids is 2. The van der Waals surface area contributed by atoms with E-state index in [1.165, 1.54) is 6.42 Å². The summed E-state index contributed by atoms with van der Waals surface area (Å²) in [6.07, 6.45) is 3.03. The minimum Gasteiger partial charge on any atom is -0.463 e. The van der Waals surface area contributed by atoms with E-state index in [2.05, 4.69) is 11.7 Å². The van der Waals surface area contributed by atoms with Crippen LogP contribution in [0.15, 0.2) is 12.2 Å². The summed E-state index contributed by atoms with van der Waals surface area (Å²) >= 11 is 0. The second-order valence-electron chi connectivity index (χ2n) is 4.49. The van der Waals surface area contributed by atoms with E-state index in [4.69, 9.17) is 4.74 Å². The van der Waals surface area contributed by atoms with Gasteiger partial charge in [0, 0.05) is 12.2 Å². The van der Waals surface area contributed by atoms with Crippen molar-refractivity contribution in [1.29, 1.82) is 0 Å². The number of carbonyl (C=O) groups is 2. The third-order valence-electron chi connectivity index (χ3n) is 2.48. The molecule has 0 atom stereocenters. The van der Waals surface area contributed by atoms with Gasteiger partial charge in [0.25, 0.3) is 0 Å². The summed E-state index contributed by atoms with van der Waals surface area (Å²) in [4.78, 5) is 22.0. The Hall–Kier alpha value is -1.53. The van der Waals surface area contributed by atoms with Crippen molar-refractivity contribution in [3.63, 3.8) is 0 Å². The Morgan fingerprint density at radius 2 is 1.43 bits per heavy atom. The summed E-state index contributed by atoms with van der Waals surface area (Å²) in [7, 11) is 0. The average Bonchev–Trinajstić information content (AvgIpc) is 2.41. The first-order valence-corrected chi connectivity index (χ1v) is 6.93. The van der Waals surface area contributed by atoms with Crippen molar-refractivity contribution < 1.29 is 32.2 Å². The minimum absolute atomic E-state index is 0.229. The summed E-state index contributed by atoms with van der Waals surface area (Å²) in [6.45, 7) is 0.670. The van der Waals surface area contributed by atoms with Gasteiger partial charge >= 0.3 is 18.1 Å². The predicted octanol–water partition coefficient (Wildman–Crippen LogP) is 3.55. The summed E-state index contributed by atoms with van der Waals surface area (Å²) in [5.74, 6) is -2.00. The fourth-order valence-corrected chi connectivity index (χ4v) is 1.44. The van der Waals surface area contributed by atoms with Crippen LogP contribution >= 0.6 is 0 Å². The standard InChI is InChI=1S/C14H21F3O4/c1-2-3-4-5-6-7-10-20-12(18)8-9-13(19)21-11-14(15,16)17/h8-9H,2-7,10-11H2,1H3/b9-8+. The number of halogens is 3. The van der Waals surface area contributed by atoms with Gasteiger partial charge in [0.05, 0.1) is 6.61 Å². The number of hydrogen-bond donors (Lipinski definition) is 0. The molecule has 0 spiro atoms. The van der Waals surface area contributed by atoms with E-state index in [1.807, 2.05) is 0 Å². The lowest BCUT2D eigenvalue weighted by atomic mass is 10.1. The molecule has 0 aromatic heterocycles. The third kappa shape index (κ3) is 14.7. The molecule has 0 fully saturated rings. The Labute approximate surface area is 122 Å². The molecular weight excluding hydrogens is 289 g/mol.